The van der Waals surface area contributed by atoms with Crippen molar-refractivity contribution in [2.45, 2.75) is 25.7 Å². The first kappa shape index (κ1) is 7.80. The number of fused-ring (bicyclic) bond motifs is 1. The number of carbonyl (C=O) groups excluding carboxylic acids is 1. The van der Waals surface area contributed by atoms with Crippen molar-refractivity contribution in [3.8, 4) is 5.06 Å². The lowest BCUT2D eigenvalue weighted by atomic mass is 9.94. The summed E-state index contributed by atoms with van der Waals surface area (Å²) in [6.45, 7) is 0. The van der Waals surface area contributed by atoms with Crippen LogP contribution in [-0.2, 0) is 12.8 Å². The molecule has 1 aromatic heterocycles. The summed E-state index contributed by atoms with van der Waals surface area (Å²) in [5, 5.41) is 9.82. The summed E-state index contributed by atoms with van der Waals surface area (Å²) in [5.41, 5.74) is 2.12. The second kappa shape index (κ2) is 2.90. The predicted octanol–water partition coefficient (Wildman–Crippen LogP) is 2.14. The topological polar surface area (TPSA) is 37.3 Å². The van der Waals surface area contributed by atoms with E-state index in [-0.39, 0.29) is 0 Å². The molecule has 2 nitrogen and oxygen atoms in total. The molecule has 0 bridgehead atoms. The van der Waals surface area contributed by atoms with Crippen LogP contribution in [0.5, 0.6) is 5.06 Å². The fourth-order valence-electron chi connectivity index (χ4n) is 1.74. The van der Waals surface area contributed by atoms with Gasteiger partial charge in [-0.2, -0.15) is 0 Å². The van der Waals surface area contributed by atoms with Crippen LogP contribution < -0.4 is 0 Å². The molecule has 1 aliphatic rings. The van der Waals surface area contributed by atoms with Gasteiger partial charge in [-0.25, -0.2) is 0 Å². The van der Waals surface area contributed by atoms with E-state index in [4.69, 9.17) is 0 Å². The first-order valence-corrected chi connectivity index (χ1v) is 4.93. The van der Waals surface area contributed by atoms with Crippen LogP contribution in [0, 0.1) is 0 Å². The highest BCUT2D eigenvalue weighted by atomic mass is 32.1. The molecule has 12 heavy (non-hydrogen) atoms. The van der Waals surface area contributed by atoms with Crippen LogP contribution in [0.2, 0.25) is 0 Å². The lowest BCUT2D eigenvalue weighted by molar-refractivity contribution is 0.112. The highest BCUT2D eigenvalue weighted by Crippen LogP contribution is 2.37. The molecular weight excluding hydrogens is 172 g/mol. The lowest BCUT2D eigenvalue weighted by Crippen LogP contribution is -2.00. The first-order valence-electron chi connectivity index (χ1n) is 4.11. The van der Waals surface area contributed by atoms with E-state index in [0.717, 1.165) is 48.0 Å². The molecule has 1 aromatic rings. The molecule has 0 saturated heterocycles. The summed E-state index contributed by atoms with van der Waals surface area (Å²) in [6, 6.07) is 0. The summed E-state index contributed by atoms with van der Waals surface area (Å²) in [6.07, 6.45) is 5.03. The molecule has 1 heterocycles. The van der Waals surface area contributed by atoms with Crippen LogP contribution in [0.1, 0.15) is 33.6 Å². The number of rotatable bonds is 1. The average molecular weight is 182 g/mol. The zero-order chi connectivity index (χ0) is 8.55. The number of thiophene rings is 1. The maximum atomic E-state index is 10.6. The van der Waals surface area contributed by atoms with Gasteiger partial charge in [0, 0.05) is 5.56 Å². The van der Waals surface area contributed by atoms with E-state index in [0.29, 0.717) is 5.06 Å². The summed E-state index contributed by atoms with van der Waals surface area (Å²) in [7, 11) is 0. The second-order valence-electron chi connectivity index (χ2n) is 3.05. The van der Waals surface area contributed by atoms with Crippen molar-refractivity contribution in [2.75, 3.05) is 0 Å². The maximum absolute atomic E-state index is 10.6. The van der Waals surface area contributed by atoms with Gasteiger partial charge in [-0.15, -0.1) is 0 Å². The van der Waals surface area contributed by atoms with Crippen LogP contribution in [0.15, 0.2) is 0 Å². The van der Waals surface area contributed by atoms with Gasteiger partial charge in [-0.3, -0.25) is 4.79 Å². The fraction of sp³-hybridized carbons (Fsp3) is 0.444. The van der Waals surface area contributed by atoms with Gasteiger partial charge in [-0.05, 0) is 31.2 Å². The molecule has 1 aliphatic carbocycles. The maximum Gasteiger partial charge on any atom is 0.175 e. The molecular formula is C9H10O2S. The van der Waals surface area contributed by atoms with E-state index in [1.54, 1.807) is 0 Å². The Kier molecular flexibility index (Phi) is 1.89. The van der Waals surface area contributed by atoms with Crippen molar-refractivity contribution in [2.24, 2.45) is 0 Å². The quantitative estimate of drug-likeness (QED) is 0.676. The van der Waals surface area contributed by atoms with Crippen molar-refractivity contribution >= 4 is 17.6 Å². The van der Waals surface area contributed by atoms with Gasteiger partial charge in [0.1, 0.15) is 0 Å². The Labute approximate surface area is 74.8 Å². The van der Waals surface area contributed by atoms with Crippen molar-refractivity contribution in [3.05, 3.63) is 16.0 Å². The van der Waals surface area contributed by atoms with Crippen molar-refractivity contribution in [3.63, 3.8) is 0 Å². The van der Waals surface area contributed by atoms with Crippen LogP contribution in [0.4, 0.5) is 0 Å². The minimum absolute atomic E-state index is 0.354. The molecule has 64 valence electrons. The molecule has 0 spiro atoms. The molecule has 0 saturated carbocycles. The Morgan fingerprint density at radius 1 is 1.25 bits per heavy atom. The molecule has 0 aliphatic heterocycles. The smallest absolute Gasteiger partial charge is 0.175 e. The molecule has 0 radical (unpaired) electrons. The molecule has 2 rings (SSSR count). The molecule has 3 heteroatoms. The van der Waals surface area contributed by atoms with Crippen molar-refractivity contribution in [1.82, 2.24) is 0 Å². The molecule has 1 N–H and O–H groups in total. The van der Waals surface area contributed by atoms with Gasteiger partial charge in [0.2, 0.25) is 0 Å². The highest BCUT2D eigenvalue weighted by molar-refractivity contribution is 7.15. The van der Waals surface area contributed by atoms with E-state index in [2.05, 4.69) is 0 Å². The lowest BCUT2D eigenvalue weighted by Gasteiger charge is -2.10. The van der Waals surface area contributed by atoms with Gasteiger partial charge < -0.3 is 5.11 Å². The van der Waals surface area contributed by atoms with Gasteiger partial charge in [-0.1, -0.05) is 11.3 Å². The third-order valence-corrected chi connectivity index (χ3v) is 3.34. The van der Waals surface area contributed by atoms with Crippen LogP contribution in [0.3, 0.4) is 0 Å². The van der Waals surface area contributed by atoms with Crippen LogP contribution in [0.25, 0.3) is 0 Å². The van der Waals surface area contributed by atoms with Crippen molar-refractivity contribution < 1.29 is 9.90 Å². The standard InChI is InChI=1S/C9H10O2S/c10-5-8-6-3-1-2-4-7(6)9(11)12-8/h5,11H,1-4H2. The molecule has 0 aromatic carbocycles. The normalized spacial score (nSPS) is 15.7. The Bertz CT molecular complexity index is 315. The second-order valence-corrected chi connectivity index (χ2v) is 4.08. The van der Waals surface area contributed by atoms with Gasteiger partial charge in [0.05, 0.1) is 4.88 Å². The number of hydrogen-bond acceptors (Lipinski definition) is 3. The van der Waals surface area contributed by atoms with E-state index >= 15 is 0 Å². The van der Waals surface area contributed by atoms with E-state index in [1.807, 2.05) is 0 Å². The minimum atomic E-state index is 0.354. The molecule has 0 unspecified atom stereocenters. The zero-order valence-corrected chi connectivity index (χ0v) is 7.49. The predicted molar refractivity (Wildman–Crippen MR) is 48.0 cm³/mol. The highest BCUT2D eigenvalue weighted by Gasteiger charge is 2.19. The average Bonchev–Trinajstić information content (AvgIpc) is 2.44. The largest absolute Gasteiger partial charge is 0.499 e. The van der Waals surface area contributed by atoms with Crippen molar-refractivity contribution in [1.29, 1.82) is 0 Å². The summed E-state index contributed by atoms with van der Waals surface area (Å²) >= 11 is 1.22. The summed E-state index contributed by atoms with van der Waals surface area (Å²) in [5.74, 6) is 0. The van der Waals surface area contributed by atoms with Gasteiger partial charge in [0.25, 0.3) is 0 Å². The minimum Gasteiger partial charge on any atom is -0.499 e. The number of carbonyl (C=O) groups is 1. The third kappa shape index (κ3) is 1.05. The Hall–Kier alpha value is -0.830. The number of aromatic hydroxyl groups is 1. The Morgan fingerprint density at radius 3 is 2.58 bits per heavy atom. The molecule has 0 atom stereocenters. The number of hydrogen-bond donors (Lipinski definition) is 1. The van der Waals surface area contributed by atoms with Gasteiger partial charge in [0.15, 0.2) is 11.3 Å². The van der Waals surface area contributed by atoms with E-state index in [1.165, 1.54) is 11.3 Å². The molecule has 0 amide bonds. The Balaban J connectivity index is 2.53. The number of aldehydes is 1. The monoisotopic (exact) mass is 182 g/mol. The Morgan fingerprint density at radius 2 is 1.92 bits per heavy atom. The third-order valence-electron chi connectivity index (χ3n) is 2.34. The SMILES string of the molecule is O=Cc1sc(O)c2c1CCCC2. The van der Waals surface area contributed by atoms with Gasteiger partial charge >= 0.3 is 0 Å². The van der Waals surface area contributed by atoms with Crippen LogP contribution in [-0.4, -0.2) is 11.4 Å². The zero-order valence-electron chi connectivity index (χ0n) is 6.67. The van der Waals surface area contributed by atoms with Crippen LogP contribution >= 0.6 is 11.3 Å². The fourth-order valence-corrected chi connectivity index (χ4v) is 2.69. The van der Waals surface area contributed by atoms with E-state index in [9.17, 15) is 9.90 Å². The summed E-state index contributed by atoms with van der Waals surface area (Å²) < 4.78 is 0. The molecule has 0 fully saturated rings. The first-order chi connectivity index (χ1) is 5.83. The van der Waals surface area contributed by atoms with E-state index < -0.39 is 0 Å². The summed E-state index contributed by atoms with van der Waals surface area (Å²) in [4.78, 5) is 11.3.